The van der Waals surface area contributed by atoms with Crippen LogP contribution in [0.5, 0.6) is 11.5 Å². The predicted octanol–water partition coefficient (Wildman–Crippen LogP) is 5.08. The van der Waals surface area contributed by atoms with E-state index >= 15 is 0 Å². The molecular weight excluding hydrogens is 362 g/mol. The molecule has 4 rings (SSSR count). The van der Waals surface area contributed by atoms with Gasteiger partial charge >= 0.3 is 0 Å². The third-order valence-electron chi connectivity index (χ3n) is 5.11. The van der Waals surface area contributed by atoms with Crippen molar-refractivity contribution in [1.29, 1.82) is 0 Å². The van der Waals surface area contributed by atoms with E-state index in [0.717, 1.165) is 35.5 Å². The summed E-state index contributed by atoms with van der Waals surface area (Å²) in [4.78, 5) is 15.1. The zero-order chi connectivity index (χ0) is 20.1. The highest BCUT2D eigenvalue weighted by Crippen LogP contribution is 2.30. The molecule has 3 aromatic carbocycles. The number of benzene rings is 3. The molecule has 0 N–H and O–H groups in total. The van der Waals surface area contributed by atoms with E-state index in [2.05, 4.69) is 0 Å². The molecule has 1 saturated carbocycles. The van der Waals surface area contributed by atoms with Crippen LogP contribution in [0.4, 0.5) is 0 Å². The summed E-state index contributed by atoms with van der Waals surface area (Å²) in [7, 11) is 1.66. The Kier molecular flexibility index (Phi) is 5.80. The van der Waals surface area contributed by atoms with Gasteiger partial charge in [-0.3, -0.25) is 4.79 Å². The van der Waals surface area contributed by atoms with Gasteiger partial charge in [0, 0.05) is 18.2 Å². The van der Waals surface area contributed by atoms with E-state index in [4.69, 9.17) is 9.47 Å². The number of methoxy groups -OCH3 is 1. The second-order valence-corrected chi connectivity index (χ2v) is 7.31. The molecule has 0 unspecified atom stereocenters. The maximum Gasteiger partial charge on any atom is 0.254 e. The molecule has 3 aromatic rings. The van der Waals surface area contributed by atoms with Gasteiger partial charge in [-0.1, -0.05) is 42.5 Å². The van der Waals surface area contributed by atoms with Gasteiger partial charge in [0.1, 0.15) is 18.1 Å². The highest BCUT2D eigenvalue weighted by Gasteiger charge is 2.33. The normalized spacial score (nSPS) is 13.0. The van der Waals surface area contributed by atoms with Gasteiger partial charge < -0.3 is 14.4 Å². The van der Waals surface area contributed by atoms with Crippen molar-refractivity contribution in [3.05, 3.63) is 95.6 Å². The minimum Gasteiger partial charge on any atom is -0.497 e. The summed E-state index contributed by atoms with van der Waals surface area (Å²) < 4.78 is 11.0. The molecule has 0 spiro atoms. The fourth-order valence-electron chi connectivity index (χ4n) is 3.27. The molecule has 0 atom stereocenters. The first kappa shape index (κ1) is 19.1. The molecular formula is C25H25NO3. The highest BCUT2D eigenvalue weighted by atomic mass is 16.5. The van der Waals surface area contributed by atoms with Crippen molar-refractivity contribution in [1.82, 2.24) is 4.90 Å². The SMILES string of the molecule is COc1ccc(CN(C(=O)c2ccc(COc3ccccc3)cc2)C2CC2)cc1. The van der Waals surface area contributed by atoms with Crippen LogP contribution in [0.2, 0.25) is 0 Å². The van der Waals surface area contributed by atoms with Gasteiger partial charge in [-0.2, -0.15) is 0 Å². The number of hydrogen-bond acceptors (Lipinski definition) is 3. The van der Waals surface area contributed by atoms with Crippen LogP contribution in [0.1, 0.15) is 34.3 Å². The number of rotatable bonds is 8. The Morgan fingerprint density at radius 3 is 2.14 bits per heavy atom. The molecule has 1 amide bonds. The van der Waals surface area contributed by atoms with Crippen molar-refractivity contribution in [2.24, 2.45) is 0 Å². The van der Waals surface area contributed by atoms with Crippen molar-refractivity contribution in [3.8, 4) is 11.5 Å². The first-order chi connectivity index (χ1) is 14.2. The van der Waals surface area contributed by atoms with Gasteiger partial charge in [0.15, 0.2) is 0 Å². The van der Waals surface area contributed by atoms with Crippen molar-refractivity contribution in [3.63, 3.8) is 0 Å². The van der Waals surface area contributed by atoms with Crippen LogP contribution in [0.3, 0.4) is 0 Å². The summed E-state index contributed by atoms with van der Waals surface area (Å²) >= 11 is 0. The topological polar surface area (TPSA) is 38.8 Å². The Morgan fingerprint density at radius 1 is 0.862 bits per heavy atom. The van der Waals surface area contributed by atoms with Crippen LogP contribution in [-0.2, 0) is 13.2 Å². The fourth-order valence-corrected chi connectivity index (χ4v) is 3.27. The van der Waals surface area contributed by atoms with Crippen molar-refractivity contribution in [2.75, 3.05) is 7.11 Å². The molecule has 29 heavy (non-hydrogen) atoms. The Morgan fingerprint density at radius 2 is 1.52 bits per heavy atom. The van der Waals surface area contributed by atoms with Crippen LogP contribution in [0.25, 0.3) is 0 Å². The van der Waals surface area contributed by atoms with Crippen molar-refractivity contribution >= 4 is 5.91 Å². The molecule has 4 nitrogen and oxygen atoms in total. The van der Waals surface area contributed by atoms with E-state index < -0.39 is 0 Å². The van der Waals surface area contributed by atoms with E-state index in [-0.39, 0.29) is 5.91 Å². The Hall–Kier alpha value is -3.27. The van der Waals surface area contributed by atoms with E-state index in [9.17, 15) is 4.79 Å². The molecule has 0 saturated heterocycles. The first-order valence-electron chi connectivity index (χ1n) is 9.93. The molecule has 0 bridgehead atoms. The van der Waals surface area contributed by atoms with E-state index in [1.165, 1.54) is 0 Å². The van der Waals surface area contributed by atoms with E-state index in [1.807, 2.05) is 83.8 Å². The van der Waals surface area contributed by atoms with Gasteiger partial charge in [-0.05, 0) is 60.4 Å². The monoisotopic (exact) mass is 387 g/mol. The summed E-state index contributed by atoms with van der Waals surface area (Å²) in [5, 5.41) is 0. The van der Waals surface area contributed by atoms with Gasteiger partial charge in [-0.15, -0.1) is 0 Å². The second-order valence-electron chi connectivity index (χ2n) is 7.31. The van der Waals surface area contributed by atoms with Gasteiger partial charge in [0.25, 0.3) is 5.91 Å². The average Bonchev–Trinajstić information content (AvgIpc) is 3.62. The lowest BCUT2D eigenvalue weighted by Crippen LogP contribution is -2.32. The fraction of sp³-hybridized carbons (Fsp3) is 0.240. The van der Waals surface area contributed by atoms with Gasteiger partial charge in [-0.25, -0.2) is 0 Å². The average molecular weight is 387 g/mol. The van der Waals surface area contributed by atoms with Crippen LogP contribution in [-0.4, -0.2) is 24.0 Å². The molecule has 4 heteroatoms. The minimum atomic E-state index is 0.0823. The lowest BCUT2D eigenvalue weighted by molar-refractivity contribution is 0.0730. The molecule has 1 aliphatic rings. The quantitative estimate of drug-likeness (QED) is 0.541. The zero-order valence-electron chi connectivity index (χ0n) is 16.6. The smallest absolute Gasteiger partial charge is 0.254 e. The number of hydrogen-bond donors (Lipinski definition) is 0. The highest BCUT2D eigenvalue weighted by molar-refractivity contribution is 5.94. The summed E-state index contributed by atoms with van der Waals surface area (Å²) in [6, 6.07) is 25.7. The standard InChI is InChI=1S/C25H25NO3/c1-28-23-15-9-19(10-16-23)17-26(22-13-14-22)25(27)21-11-7-20(8-12-21)18-29-24-5-3-2-4-6-24/h2-12,15-16,22H,13-14,17-18H2,1H3. The third kappa shape index (κ3) is 4.96. The molecule has 148 valence electrons. The van der Waals surface area contributed by atoms with E-state index in [0.29, 0.717) is 24.8 Å². The lowest BCUT2D eigenvalue weighted by Gasteiger charge is -2.23. The molecule has 1 fully saturated rings. The van der Waals surface area contributed by atoms with E-state index in [1.54, 1.807) is 7.11 Å². The zero-order valence-corrected chi connectivity index (χ0v) is 16.6. The molecule has 0 aromatic heterocycles. The predicted molar refractivity (Wildman–Crippen MR) is 113 cm³/mol. The van der Waals surface area contributed by atoms with Crippen molar-refractivity contribution in [2.45, 2.75) is 32.0 Å². The number of carbonyl (C=O) groups is 1. The lowest BCUT2D eigenvalue weighted by atomic mass is 10.1. The van der Waals surface area contributed by atoms with Crippen LogP contribution >= 0.6 is 0 Å². The molecule has 0 aliphatic heterocycles. The Labute approximate surface area is 171 Å². The van der Waals surface area contributed by atoms with Crippen LogP contribution in [0, 0.1) is 0 Å². The number of amides is 1. The molecule has 0 heterocycles. The van der Waals surface area contributed by atoms with Gasteiger partial charge in [0.05, 0.1) is 7.11 Å². The second kappa shape index (κ2) is 8.82. The summed E-state index contributed by atoms with van der Waals surface area (Å²) in [6.45, 7) is 1.10. The third-order valence-corrected chi connectivity index (χ3v) is 5.11. The van der Waals surface area contributed by atoms with Crippen LogP contribution in [0.15, 0.2) is 78.9 Å². The summed E-state index contributed by atoms with van der Waals surface area (Å²) in [5.74, 6) is 1.75. The Balaban J connectivity index is 1.41. The number of para-hydroxylation sites is 1. The van der Waals surface area contributed by atoms with Crippen molar-refractivity contribution < 1.29 is 14.3 Å². The molecule has 1 aliphatic carbocycles. The summed E-state index contributed by atoms with van der Waals surface area (Å²) in [5.41, 5.74) is 2.87. The maximum atomic E-state index is 13.1. The maximum absolute atomic E-state index is 13.1. The largest absolute Gasteiger partial charge is 0.497 e. The molecule has 0 radical (unpaired) electrons. The first-order valence-corrected chi connectivity index (χ1v) is 9.93. The number of ether oxygens (including phenoxy) is 2. The summed E-state index contributed by atoms with van der Waals surface area (Å²) in [6.07, 6.45) is 2.15. The minimum absolute atomic E-state index is 0.0823. The van der Waals surface area contributed by atoms with Gasteiger partial charge in [0.2, 0.25) is 0 Å². The number of nitrogens with zero attached hydrogens (tertiary/aromatic N) is 1. The number of carbonyl (C=O) groups excluding carboxylic acids is 1. The Bertz CT molecular complexity index is 932. The van der Waals surface area contributed by atoms with Crippen LogP contribution < -0.4 is 9.47 Å².